The number of aromatic nitrogens is 2. The number of nitrogens with one attached hydrogen (secondary N) is 1. The second-order valence-corrected chi connectivity index (χ2v) is 5.67. The van der Waals surface area contributed by atoms with Crippen molar-refractivity contribution in [2.45, 2.75) is 6.10 Å². The molecule has 5 nitrogen and oxygen atoms in total. The lowest BCUT2D eigenvalue weighted by Crippen LogP contribution is -2.22. The van der Waals surface area contributed by atoms with Crippen LogP contribution >= 0.6 is 11.3 Å². The summed E-state index contributed by atoms with van der Waals surface area (Å²) in [5, 5.41) is 14.3. The number of hydrogen-bond donors (Lipinski definition) is 2. The summed E-state index contributed by atoms with van der Waals surface area (Å²) in [5.41, 5.74) is 1.01. The fraction of sp³-hybridized carbons (Fsp3) is 0.0625. The summed E-state index contributed by atoms with van der Waals surface area (Å²) in [6, 6.07) is 6.79. The molecular weight excluding hydrogens is 336 g/mol. The molecule has 122 valence electrons. The summed E-state index contributed by atoms with van der Waals surface area (Å²) in [7, 11) is 0. The van der Waals surface area contributed by atoms with Crippen molar-refractivity contribution in [3.63, 3.8) is 0 Å². The number of hydrogen-bond acceptors (Lipinski definition) is 5. The van der Waals surface area contributed by atoms with Crippen molar-refractivity contribution in [1.29, 1.82) is 0 Å². The van der Waals surface area contributed by atoms with Gasteiger partial charge in [0.2, 0.25) is 0 Å². The van der Waals surface area contributed by atoms with Crippen molar-refractivity contribution >= 4 is 22.4 Å². The molecule has 0 aliphatic rings. The average molecular weight is 347 g/mol. The molecule has 1 amide bonds. The number of carbonyl (C=O) groups is 1. The number of carbonyl (C=O) groups excluding carboxylic acids is 1. The highest BCUT2D eigenvalue weighted by Crippen LogP contribution is 2.26. The Kier molecular flexibility index (Phi) is 4.59. The Morgan fingerprint density at radius 1 is 1.21 bits per heavy atom. The molecule has 1 unspecified atom stereocenters. The van der Waals surface area contributed by atoms with Crippen molar-refractivity contribution in [2.24, 2.45) is 0 Å². The van der Waals surface area contributed by atoms with Crippen LogP contribution in [0.1, 0.15) is 11.7 Å². The van der Waals surface area contributed by atoms with Gasteiger partial charge in [0.25, 0.3) is 5.91 Å². The van der Waals surface area contributed by atoms with Crippen LogP contribution in [0.5, 0.6) is 0 Å². The topological polar surface area (TPSA) is 75.1 Å². The van der Waals surface area contributed by atoms with Gasteiger partial charge in [0.1, 0.15) is 0 Å². The van der Waals surface area contributed by atoms with Crippen LogP contribution in [-0.2, 0) is 4.79 Å². The van der Waals surface area contributed by atoms with Gasteiger partial charge in [-0.1, -0.05) is 12.1 Å². The summed E-state index contributed by atoms with van der Waals surface area (Å²) in [5.74, 6) is -3.28. The third-order valence-electron chi connectivity index (χ3n) is 3.23. The van der Waals surface area contributed by atoms with Gasteiger partial charge in [0, 0.05) is 28.9 Å². The molecule has 2 heterocycles. The maximum Gasteiger partial charge on any atom is 0.259 e. The average Bonchev–Trinajstić information content (AvgIpc) is 3.06. The van der Waals surface area contributed by atoms with Crippen molar-refractivity contribution in [3.8, 4) is 11.3 Å². The molecule has 24 heavy (non-hydrogen) atoms. The van der Waals surface area contributed by atoms with E-state index >= 15 is 0 Å². The lowest BCUT2D eigenvalue weighted by molar-refractivity contribution is -0.124. The van der Waals surface area contributed by atoms with Crippen LogP contribution in [0, 0.1) is 11.6 Å². The fourth-order valence-corrected chi connectivity index (χ4v) is 2.76. The molecule has 1 aromatic carbocycles. The number of halogens is 2. The van der Waals surface area contributed by atoms with Crippen LogP contribution in [0.25, 0.3) is 11.3 Å². The first-order chi connectivity index (χ1) is 11.6. The molecular formula is C16H11F2N3O2S. The summed E-state index contributed by atoms with van der Waals surface area (Å²) < 4.78 is 26.8. The molecule has 2 N–H and O–H groups in total. The largest absolute Gasteiger partial charge is 0.378 e. The Labute approximate surface area is 139 Å². The Hall–Kier alpha value is -2.71. The summed E-state index contributed by atoms with van der Waals surface area (Å²) in [4.78, 5) is 20.1. The van der Waals surface area contributed by atoms with Gasteiger partial charge < -0.3 is 5.11 Å². The number of nitrogens with zero attached hydrogens (tertiary/aromatic N) is 2. The zero-order valence-corrected chi connectivity index (χ0v) is 12.9. The van der Waals surface area contributed by atoms with Crippen LogP contribution in [0.15, 0.2) is 48.1 Å². The Morgan fingerprint density at radius 3 is 2.71 bits per heavy atom. The maximum absolute atomic E-state index is 13.6. The number of aliphatic hydroxyl groups excluding tert-OH is 1. The minimum Gasteiger partial charge on any atom is -0.378 e. The van der Waals surface area contributed by atoms with E-state index in [4.69, 9.17) is 0 Å². The lowest BCUT2D eigenvalue weighted by Gasteiger charge is -2.11. The van der Waals surface area contributed by atoms with Gasteiger partial charge >= 0.3 is 0 Å². The number of amides is 1. The van der Waals surface area contributed by atoms with Gasteiger partial charge in [0.15, 0.2) is 22.9 Å². The summed E-state index contributed by atoms with van der Waals surface area (Å²) in [6.07, 6.45) is 1.39. The first-order valence-electron chi connectivity index (χ1n) is 6.85. The first kappa shape index (κ1) is 16.2. The molecule has 0 saturated carbocycles. The molecule has 2 aromatic heterocycles. The molecule has 0 aliphatic heterocycles. The van der Waals surface area contributed by atoms with Crippen LogP contribution in [0.4, 0.5) is 13.9 Å². The van der Waals surface area contributed by atoms with Gasteiger partial charge in [-0.3, -0.25) is 15.1 Å². The number of pyridine rings is 1. The molecule has 1 atom stereocenters. The fourth-order valence-electron chi connectivity index (χ4n) is 2.03. The van der Waals surface area contributed by atoms with Crippen molar-refractivity contribution in [2.75, 3.05) is 5.32 Å². The SMILES string of the molecule is O=C(Nc1nc(-c2ccncc2)cs1)C(O)c1cccc(F)c1F. The lowest BCUT2D eigenvalue weighted by atomic mass is 10.1. The molecule has 3 rings (SSSR count). The second kappa shape index (κ2) is 6.81. The van der Waals surface area contributed by atoms with E-state index in [2.05, 4.69) is 15.3 Å². The second-order valence-electron chi connectivity index (χ2n) is 4.81. The standard InChI is InChI=1S/C16H11F2N3O2S/c17-11-3-1-2-10(13(11)18)14(22)15(23)21-16-20-12(8-24-16)9-4-6-19-7-5-9/h1-8,14,22H,(H,20,21,23). The highest BCUT2D eigenvalue weighted by Gasteiger charge is 2.23. The Morgan fingerprint density at radius 2 is 1.96 bits per heavy atom. The number of anilines is 1. The minimum absolute atomic E-state index is 0.239. The van der Waals surface area contributed by atoms with Gasteiger partial charge in [0.05, 0.1) is 5.69 Å². The molecule has 0 aliphatic carbocycles. The summed E-state index contributed by atoms with van der Waals surface area (Å²) >= 11 is 1.15. The smallest absolute Gasteiger partial charge is 0.259 e. The Bertz CT molecular complexity index is 871. The number of thiazole rings is 1. The van der Waals surface area contributed by atoms with E-state index in [-0.39, 0.29) is 5.13 Å². The first-order valence-corrected chi connectivity index (χ1v) is 7.73. The quantitative estimate of drug-likeness (QED) is 0.760. The van der Waals surface area contributed by atoms with Gasteiger partial charge in [-0.15, -0.1) is 11.3 Å². The van der Waals surface area contributed by atoms with E-state index < -0.39 is 29.2 Å². The molecule has 0 saturated heterocycles. The monoisotopic (exact) mass is 347 g/mol. The van der Waals surface area contributed by atoms with Crippen molar-refractivity contribution in [1.82, 2.24) is 9.97 Å². The van der Waals surface area contributed by atoms with E-state index in [1.807, 2.05) is 0 Å². The van der Waals surface area contributed by atoms with Gasteiger partial charge in [-0.25, -0.2) is 13.8 Å². The molecule has 0 radical (unpaired) electrons. The molecule has 0 bridgehead atoms. The van der Waals surface area contributed by atoms with Gasteiger partial charge in [-0.05, 0) is 18.2 Å². The molecule has 8 heteroatoms. The van der Waals surface area contributed by atoms with E-state index in [0.29, 0.717) is 5.69 Å². The normalized spacial score (nSPS) is 12.0. The van der Waals surface area contributed by atoms with E-state index in [1.165, 1.54) is 6.07 Å². The van der Waals surface area contributed by atoms with E-state index in [1.54, 1.807) is 29.9 Å². The number of aliphatic hydroxyl groups is 1. The van der Waals surface area contributed by atoms with E-state index in [0.717, 1.165) is 29.0 Å². The van der Waals surface area contributed by atoms with Crippen LogP contribution in [-0.4, -0.2) is 21.0 Å². The summed E-state index contributed by atoms with van der Waals surface area (Å²) in [6.45, 7) is 0. The van der Waals surface area contributed by atoms with Crippen molar-refractivity contribution in [3.05, 3.63) is 65.3 Å². The highest BCUT2D eigenvalue weighted by atomic mass is 32.1. The van der Waals surface area contributed by atoms with Crippen LogP contribution in [0.3, 0.4) is 0 Å². The predicted molar refractivity (Wildman–Crippen MR) is 85.3 cm³/mol. The minimum atomic E-state index is -1.84. The molecule has 0 fully saturated rings. The molecule has 0 spiro atoms. The predicted octanol–water partition coefficient (Wildman–Crippen LogP) is 3.16. The zero-order valence-electron chi connectivity index (χ0n) is 12.1. The van der Waals surface area contributed by atoms with Crippen molar-refractivity contribution < 1.29 is 18.7 Å². The zero-order chi connectivity index (χ0) is 17.1. The van der Waals surface area contributed by atoms with Crippen LogP contribution in [0.2, 0.25) is 0 Å². The third-order valence-corrected chi connectivity index (χ3v) is 3.99. The Balaban J connectivity index is 1.75. The van der Waals surface area contributed by atoms with Gasteiger partial charge in [-0.2, -0.15) is 0 Å². The van der Waals surface area contributed by atoms with E-state index in [9.17, 15) is 18.7 Å². The number of rotatable bonds is 4. The number of benzene rings is 1. The molecule has 3 aromatic rings. The third kappa shape index (κ3) is 3.29. The van der Waals surface area contributed by atoms with Crippen LogP contribution < -0.4 is 5.32 Å². The maximum atomic E-state index is 13.6. The highest BCUT2D eigenvalue weighted by molar-refractivity contribution is 7.14.